The number of nitrogens with zero attached hydrogens (tertiary/aromatic N) is 1. The second-order valence-corrected chi connectivity index (χ2v) is 9.81. The van der Waals surface area contributed by atoms with Crippen LogP contribution in [-0.4, -0.2) is 59.6 Å². The quantitative estimate of drug-likeness (QED) is 0.502. The Balaban J connectivity index is 2.06. The Bertz CT molecular complexity index is 1040. The molecule has 1 saturated heterocycles. The van der Waals surface area contributed by atoms with Crippen LogP contribution in [0.15, 0.2) is 35.2 Å². The first-order chi connectivity index (χ1) is 15.4. The highest BCUT2D eigenvalue weighted by Crippen LogP contribution is 2.48. The van der Waals surface area contributed by atoms with Gasteiger partial charge < -0.3 is 23.7 Å². The largest absolute Gasteiger partial charge is 0.496 e. The van der Waals surface area contributed by atoms with Crippen LogP contribution in [0.3, 0.4) is 0 Å². The summed E-state index contributed by atoms with van der Waals surface area (Å²) in [4.78, 5) is 0.106. The SMILES string of the molecule is CCOc1ccc(S(=O)(=O)N2CCSC2c2cc(OC)c(OC)cc2OC)c(OCC)c1. The van der Waals surface area contributed by atoms with Crippen molar-refractivity contribution >= 4 is 21.8 Å². The Morgan fingerprint density at radius 3 is 2.19 bits per heavy atom. The number of benzene rings is 2. The first-order valence-corrected chi connectivity index (χ1v) is 12.7. The summed E-state index contributed by atoms with van der Waals surface area (Å²) in [6.07, 6.45) is 0. The van der Waals surface area contributed by atoms with E-state index < -0.39 is 15.4 Å². The smallest absolute Gasteiger partial charge is 0.248 e. The summed E-state index contributed by atoms with van der Waals surface area (Å²) in [7, 11) is 0.749. The molecule has 0 bridgehead atoms. The minimum atomic E-state index is -3.88. The molecule has 0 aromatic heterocycles. The van der Waals surface area contributed by atoms with Crippen LogP contribution < -0.4 is 23.7 Å². The summed E-state index contributed by atoms with van der Waals surface area (Å²) >= 11 is 1.52. The lowest BCUT2D eigenvalue weighted by Crippen LogP contribution is -2.31. The Kier molecular flexibility index (Phi) is 8.02. The number of ether oxygens (including phenoxy) is 5. The van der Waals surface area contributed by atoms with E-state index in [1.54, 1.807) is 45.6 Å². The van der Waals surface area contributed by atoms with Crippen molar-refractivity contribution in [3.05, 3.63) is 35.9 Å². The molecule has 1 aliphatic rings. The van der Waals surface area contributed by atoms with Crippen LogP contribution in [0.2, 0.25) is 0 Å². The van der Waals surface area contributed by atoms with Gasteiger partial charge in [-0.3, -0.25) is 0 Å². The van der Waals surface area contributed by atoms with Crippen molar-refractivity contribution in [2.75, 3.05) is 46.8 Å². The highest BCUT2D eigenvalue weighted by Gasteiger charge is 2.40. The molecule has 1 atom stereocenters. The van der Waals surface area contributed by atoms with Crippen molar-refractivity contribution in [2.24, 2.45) is 0 Å². The molecule has 0 radical (unpaired) electrons. The van der Waals surface area contributed by atoms with Crippen molar-refractivity contribution in [1.29, 1.82) is 0 Å². The van der Waals surface area contributed by atoms with Crippen LogP contribution in [0.25, 0.3) is 0 Å². The average Bonchev–Trinajstić information content (AvgIpc) is 3.29. The second-order valence-electron chi connectivity index (χ2n) is 6.76. The van der Waals surface area contributed by atoms with Gasteiger partial charge in [-0.15, -0.1) is 11.8 Å². The first kappa shape index (κ1) is 24.3. The Morgan fingerprint density at radius 1 is 0.906 bits per heavy atom. The maximum atomic E-state index is 13.8. The topological polar surface area (TPSA) is 83.5 Å². The highest BCUT2D eigenvalue weighted by molar-refractivity contribution is 8.01. The molecule has 176 valence electrons. The number of hydrogen-bond acceptors (Lipinski definition) is 8. The van der Waals surface area contributed by atoms with Crippen molar-refractivity contribution in [1.82, 2.24) is 4.31 Å². The van der Waals surface area contributed by atoms with Gasteiger partial charge in [0.25, 0.3) is 0 Å². The number of hydrogen-bond donors (Lipinski definition) is 0. The third kappa shape index (κ3) is 4.72. The summed E-state index contributed by atoms with van der Waals surface area (Å²) < 4.78 is 56.5. The molecule has 0 spiro atoms. The fraction of sp³-hybridized carbons (Fsp3) is 0.455. The van der Waals surface area contributed by atoms with E-state index in [1.807, 2.05) is 13.8 Å². The summed E-state index contributed by atoms with van der Waals surface area (Å²) in [6.45, 7) is 4.84. The van der Waals surface area contributed by atoms with Crippen LogP contribution in [0.1, 0.15) is 24.8 Å². The zero-order valence-electron chi connectivity index (χ0n) is 18.9. The molecular formula is C22H29NO7S2. The summed E-state index contributed by atoms with van der Waals surface area (Å²) in [6, 6.07) is 8.28. The number of sulfonamides is 1. The maximum absolute atomic E-state index is 13.8. The van der Waals surface area contributed by atoms with Crippen LogP contribution in [0, 0.1) is 0 Å². The van der Waals surface area contributed by atoms with E-state index in [9.17, 15) is 8.42 Å². The molecule has 1 aliphatic heterocycles. The van der Waals surface area contributed by atoms with Gasteiger partial charge in [0.1, 0.15) is 22.1 Å². The lowest BCUT2D eigenvalue weighted by atomic mass is 10.1. The van der Waals surface area contributed by atoms with Gasteiger partial charge in [0, 0.05) is 30.0 Å². The Hall–Kier alpha value is -2.30. The van der Waals surface area contributed by atoms with Gasteiger partial charge in [-0.1, -0.05) is 0 Å². The van der Waals surface area contributed by atoms with E-state index in [0.29, 0.717) is 54.1 Å². The standard InChI is InChI=1S/C22H29NO7S2/c1-6-29-15-8-9-21(20(12-15)30-7-2)32(24,25)23-10-11-31-22(23)16-13-18(27-4)19(28-5)14-17(16)26-3/h8-9,12-14,22H,6-7,10-11H2,1-5H3. The van der Waals surface area contributed by atoms with E-state index in [-0.39, 0.29) is 10.6 Å². The first-order valence-electron chi connectivity index (χ1n) is 10.2. The molecule has 8 nitrogen and oxygen atoms in total. The van der Waals surface area contributed by atoms with E-state index in [2.05, 4.69) is 0 Å². The fourth-order valence-corrected chi connectivity index (χ4v) is 6.91. The summed E-state index contributed by atoms with van der Waals surface area (Å²) in [5.74, 6) is 3.01. The highest BCUT2D eigenvalue weighted by atomic mass is 32.2. The van der Waals surface area contributed by atoms with E-state index in [0.717, 1.165) is 0 Å². The molecule has 1 unspecified atom stereocenters. The third-order valence-corrected chi connectivity index (χ3v) is 8.24. The minimum absolute atomic E-state index is 0.106. The molecule has 1 heterocycles. The third-order valence-electron chi connectivity index (χ3n) is 4.96. The van der Waals surface area contributed by atoms with Gasteiger partial charge in [0.2, 0.25) is 10.0 Å². The number of thioether (sulfide) groups is 1. The fourth-order valence-electron chi connectivity index (χ4n) is 3.54. The number of rotatable bonds is 10. The molecule has 0 aliphatic carbocycles. The minimum Gasteiger partial charge on any atom is -0.496 e. The maximum Gasteiger partial charge on any atom is 0.248 e. The van der Waals surface area contributed by atoms with Crippen molar-refractivity contribution in [2.45, 2.75) is 24.1 Å². The van der Waals surface area contributed by atoms with Crippen molar-refractivity contribution in [3.8, 4) is 28.7 Å². The van der Waals surface area contributed by atoms with Crippen LogP contribution in [0.5, 0.6) is 28.7 Å². The lowest BCUT2D eigenvalue weighted by molar-refractivity contribution is 0.315. The Labute approximate surface area is 193 Å². The molecule has 1 fully saturated rings. The van der Waals surface area contributed by atoms with Gasteiger partial charge in [0.15, 0.2) is 11.5 Å². The molecule has 0 saturated carbocycles. The molecule has 3 rings (SSSR count). The van der Waals surface area contributed by atoms with E-state index >= 15 is 0 Å². The normalized spacial score (nSPS) is 16.6. The van der Waals surface area contributed by atoms with Gasteiger partial charge in [-0.05, 0) is 32.0 Å². The zero-order chi connectivity index (χ0) is 23.3. The van der Waals surface area contributed by atoms with Crippen molar-refractivity contribution < 1.29 is 32.1 Å². The molecule has 2 aromatic rings. The summed E-state index contributed by atoms with van der Waals surface area (Å²) in [5, 5.41) is -0.490. The van der Waals surface area contributed by atoms with Gasteiger partial charge in [0.05, 0.1) is 39.9 Å². The second kappa shape index (κ2) is 10.5. The van der Waals surface area contributed by atoms with E-state index in [4.69, 9.17) is 23.7 Å². The Morgan fingerprint density at radius 2 is 1.56 bits per heavy atom. The van der Waals surface area contributed by atoms with Crippen LogP contribution in [0.4, 0.5) is 0 Å². The lowest BCUT2D eigenvalue weighted by Gasteiger charge is -2.26. The van der Waals surface area contributed by atoms with Gasteiger partial charge >= 0.3 is 0 Å². The van der Waals surface area contributed by atoms with Crippen molar-refractivity contribution in [3.63, 3.8) is 0 Å². The summed E-state index contributed by atoms with van der Waals surface area (Å²) in [5.41, 5.74) is 0.695. The van der Waals surface area contributed by atoms with Gasteiger partial charge in [-0.25, -0.2) is 8.42 Å². The monoisotopic (exact) mass is 483 g/mol. The molecule has 10 heteroatoms. The number of methoxy groups -OCH3 is 3. The van der Waals surface area contributed by atoms with Gasteiger partial charge in [-0.2, -0.15) is 4.31 Å². The molecule has 2 aromatic carbocycles. The predicted molar refractivity (Wildman–Crippen MR) is 124 cm³/mol. The molecular weight excluding hydrogens is 454 g/mol. The predicted octanol–water partition coefficient (Wildman–Crippen LogP) is 3.95. The zero-order valence-corrected chi connectivity index (χ0v) is 20.5. The van der Waals surface area contributed by atoms with E-state index in [1.165, 1.54) is 22.1 Å². The molecule has 0 amide bonds. The molecule has 32 heavy (non-hydrogen) atoms. The van der Waals surface area contributed by atoms with Crippen LogP contribution >= 0.6 is 11.8 Å². The van der Waals surface area contributed by atoms with Crippen LogP contribution in [-0.2, 0) is 10.0 Å². The molecule has 0 N–H and O–H groups in total. The average molecular weight is 484 g/mol.